The van der Waals surface area contributed by atoms with E-state index in [9.17, 15) is 0 Å². The Morgan fingerprint density at radius 3 is 3.04 bits per heavy atom. The van der Waals surface area contributed by atoms with Gasteiger partial charge in [-0.1, -0.05) is 18.2 Å². The third-order valence-corrected chi connectivity index (χ3v) is 5.48. The summed E-state index contributed by atoms with van der Waals surface area (Å²) in [5.41, 5.74) is 2.52. The summed E-state index contributed by atoms with van der Waals surface area (Å²) in [5.74, 6) is 0.713. The van der Waals surface area contributed by atoms with Crippen molar-refractivity contribution in [3.05, 3.63) is 60.4 Å². The topological polar surface area (TPSA) is 50.4 Å². The van der Waals surface area contributed by atoms with E-state index >= 15 is 0 Å². The largest absolute Gasteiger partial charge is 0.474 e. The third-order valence-electron chi connectivity index (χ3n) is 5.48. The van der Waals surface area contributed by atoms with Crippen LogP contribution in [0.5, 0.6) is 5.88 Å². The number of rotatable bonds is 4. The van der Waals surface area contributed by atoms with Crippen LogP contribution in [0.15, 0.2) is 54.9 Å². The smallest absolute Gasteiger partial charge is 0.213 e. The molecule has 2 fully saturated rings. The number of nitrogens with one attached hydrogen (secondary N) is 1. The first-order valence-electron chi connectivity index (χ1n) is 9.29. The summed E-state index contributed by atoms with van der Waals surface area (Å²) in [4.78, 5) is 10.0. The van der Waals surface area contributed by atoms with Crippen molar-refractivity contribution in [2.24, 2.45) is 0 Å². The molecule has 0 saturated carbocycles. The molecule has 2 aliphatic rings. The van der Waals surface area contributed by atoms with Crippen molar-refractivity contribution in [2.45, 2.75) is 31.1 Å². The standard InChI is InChI=1S/C21H23N3O2/c1-2-9-23-20(6-1)26-17-8-11-25-21(12-17)14-24(15-21)13-16-4-3-5-19-18(16)7-10-22-19/h1-7,9-10,17,22H,8,11-15H2/t17-/m0/s1. The van der Waals surface area contributed by atoms with Gasteiger partial charge in [-0.05, 0) is 23.8 Å². The number of aromatic amines is 1. The summed E-state index contributed by atoms with van der Waals surface area (Å²) >= 11 is 0. The van der Waals surface area contributed by atoms with Gasteiger partial charge in [-0.3, -0.25) is 4.90 Å². The van der Waals surface area contributed by atoms with Gasteiger partial charge in [0.15, 0.2) is 0 Å². The Balaban J connectivity index is 1.22. The molecule has 1 spiro atoms. The predicted octanol–water partition coefficient (Wildman–Crippen LogP) is 3.38. The fourth-order valence-corrected chi connectivity index (χ4v) is 4.30. The molecule has 0 unspecified atom stereocenters. The zero-order valence-electron chi connectivity index (χ0n) is 14.7. The van der Waals surface area contributed by atoms with Crippen LogP contribution in [0, 0.1) is 0 Å². The van der Waals surface area contributed by atoms with Gasteiger partial charge in [-0.2, -0.15) is 0 Å². The first kappa shape index (κ1) is 15.9. The Morgan fingerprint density at radius 2 is 2.15 bits per heavy atom. The normalized spacial score (nSPS) is 22.4. The van der Waals surface area contributed by atoms with Crippen molar-refractivity contribution in [3.63, 3.8) is 0 Å². The lowest BCUT2D eigenvalue weighted by Crippen LogP contribution is -2.65. The average Bonchev–Trinajstić information content (AvgIpc) is 3.11. The number of nitrogens with zero attached hydrogens (tertiary/aromatic N) is 2. The van der Waals surface area contributed by atoms with E-state index in [1.807, 2.05) is 24.4 Å². The van der Waals surface area contributed by atoms with E-state index in [0.29, 0.717) is 5.88 Å². The highest BCUT2D eigenvalue weighted by Gasteiger charge is 2.48. The lowest BCUT2D eigenvalue weighted by molar-refractivity contribution is -0.188. The minimum absolute atomic E-state index is 0.0518. The predicted molar refractivity (Wildman–Crippen MR) is 100 cm³/mol. The Hall–Kier alpha value is -2.37. The monoisotopic (exact) mass is 349 g/mol. The van der Waals surface area contributed by atoms with Gasteiger partial charge in [-0.25, -0.2) is 4.98 Å². The van der Waals surface area contributed by atoms with E-state index in [1.165, 1.54) is 16.5 Å². The summed E-state index contributed by atoms with van der Waals surface area (Å²) in [7, 11) is 0. The highest BCUT2D eigenvalue weighted by Crippen LogP contribution is 2.36. The van der Waals surface area contributed by atoms with E-state index in [2.05, 4.69) is 39.1 Å². The Morgan fingerprint density at radius 1 is 1.19 bits per heavy atom. The lowest BCUT2D eigenvalue weighted by atomic mass is 9.84. The van der Waals surface area contributed by atoms with Crippen molar-refractivity contribution in [2.75, 3.05) is 19.7 Å². The maximum Gasteiger partial charge on any atom is 0.213 e. The van der Waals surface area contributed by atoms with Crippen LogP contribution in [0.2, 0.25) is 0 Å². The molecule has 1 aromatic carbocycles. The Kier molecular flexibility index (Phi) is 3.91. The van der Waals surface area contributed by atoms with Gasteiger partial charge >= 0.3 is 0 Å². The summed E-state index contributed by atoms with van der Waals surface area (Å²) in [5, 5.41) is 1.31. The molecule has 2 aromatic heterocycles. The van der Waals surface area contributed by atoms with Crippen molar-refractivity contribution in [1.29, 1.82) is 0 Å². The van der Waals surface area contributed by atoms with Gasteiger partial charge in [0, 0.05) is 61.8 Å². The highest BCUT2D eigenvalue weighted by molar-refractivity contribution is 5.82. The second-order valence-corrected chi connectivity index (χ2v) is 7.43. The molecule has 1 atom stereocenters. The number of hydrogen-bond acceptors (Lipinski definition) is 4. The summed E-state index contributed by atoms with van der Waals surface area (Å²) in [6, 6.07) is 14.4. The van der Waals surface area contributed by atoms with Gasteiger partial charge < -0.3 is 14.5 Å². The molecule has 4 heterocycles. The second kappa shape index (κ2) is 6.41. The number of hydrogen-bond donors (Lipinski definition) is 1. The average molecular weight is 349 g/mol. The third kappa shape index (κ3) is 2.97. The van der Waals surface area contributed by atoms with Crippen LogP contribution in [0.25, 0.3) is 10.9 Å². The molecule has 2 aliphatic heterocycles. The van der Waals surface area contributed by atoms with E-state index in [0.717, 1.165) is 39.1 Å². The van der Waals surface area contributed by atoms with Crippen LogP contribution in [0.3, 0.4) is 0 Å². The van der Waals surface area contributed by atoms with E-state index in [4.69, 9.17) is 9.47 Å². The van der Waals surface area contributed by atoms with Gasteiger partial charge in [-0.15, -0.1) is 0 Å². The van der Waals surface area contributed by atoms with Crippen LogP contribution in [0.4, 0.5) is 0 Å². The van der Waals surface area contributed by atoms with Crippen LogP contribution in [0.1, 0.15) is 18.4 Å². The molecule has 3 aromatic rings. The van der Waals surface area contributed by atoms with Gasteiger partial charge in [0.05, 0.1) is 12.2 Å². The molecule has 1 N–H and O–H groups in total. The summed E-state index contributed by atoms with van der Waals surface area (Å²) in [6.07, 6.45) is 5.84. The van der Waals surface area contributed by atoms with Crippen LogP contribution >= 0.6 is 0 Å². The highest BCUT2D eigenvalue weighted by atomic mass is 16.5. The van der Waals surface area contributed by atoms with E-state index in [1.54, 1.807) is 6.20 Å². The number of benzene rings is 1. The SMILES string of the molecule is c1ccc(O[C@H]2CCOC3(C2)CN(Cc2cccc4[nH]ccc24)C3)nc1. The fraction of sp³-hybridized carbons (Fsp3) is 0.381. The molecule has 0 amide bonds. The zero-order chi connectivity index (χ0) is 17.4. The quantitative estimate of drug-likeness (QED) is 0.785. The van der Waals surface area contributed by atoms with Crippen LogP contribution in [-0.2, 0) is 11.3 Å². The van der Waals surface area contributed by atoms with E-state index < -0.39 is 0 Å². The van der Waals surface area contributed by atoms with E-state index in [-0.39, 0.29) is 11.7 Å². The summed E-state index contributed by atoms with van der Waals surface area (Å²) < 4.78 is 12.2. The summed E-state index contributed by atoms with van der Waals surface area (Å²) in [6.45, 7) is 3.66. The molecule has 0 bridgehead atoms. The first-order valence-corrected chi connectivity index (χ1v) is 9.29. The van der Waals surface area contributed by atoms with Crippen molar-refractivity contribution < 1.29 is 9.47 Å². The Labute approximate surface area is 152 Å². The first-order chi connectivity index (χ1) is 12.8. The number of aromatic nitrogens is 2. The molecule has 5 heteroatoms. The molecule has 0 radical (unpaired) electrons. The molecule has 5 nitrogen and oxygen atoms in total. The molecular weight excluding hydrogens is 326 g/mol. The number of fused-ring (bicyclic) bond motifs is 1. The molecule has 5 rings (SSSR count). The Bertz CT molecular complexity index is 886. The number of H-pyrrole nitrogens is 1. The number of ether oxygens (including phenoxy) is 2. The minimum atomic E-state index is -0.0518. The van der Waals surface area contributed by atoms with Crippen molar-refractivity contribution in [1.82, 2.24) is 14.9 Å². The maximum atomic E-state index is 6.16. The lowest BCUT2D eigenvalue weighted by Gasteiger charge is -2.53. The molecular formula is C21H23N3O2. The molecule has 0 aliphatic carbocycles. The van der Waals surface area contributed by atoms with Crippen molar-refractivity contribution in [3.8, 4) is 5.88 Å². The molecule has 2 saturated heterocycles. The van der Waals surface area contributed by atoms with Crippen LogP contribution < -0.4 is 4.74 Å². The fourth-order valence-electron chi connectivity index (χ4n) is 4.30. The molecule has 26 heavy (non-hydrogen) atoms. The second-order valence-electron chi connectivity index (χ2n) is 7.43. The van der Waals surface area contributed by atoms with Crippen LogP contribution in [-0.4, -0.2) is 46.3 Å². The van der Waals surface area contributed by atoms with Crippen molar-refractivity contribution >= 4 is 10.9 Å². The van der Waals surface area contributed by atoms with Gasteiger partial charge in [0.2, 0.25) is 5.88 Å². The number of pyridine rings is 1. The molecule has 134 valence electrons. The van der Waals surface area contributed by atoms with Gasteiger partial charge in [0.1, 0.15) is 6.10 Å². The minimum Gasteiger partial charge on any atom is -0.474 e. The maximum absolute atomic E-state index is 6.16. The zero-order valence-corrected chi connectivity index (χ0v) is 14.7. The number of likely N-dealkylation sites (tertiary alicyclic amines) is 1. The van der Waals surface area contributed by atoms with Gasteiger partial charge in [0.25, 0.3) is 0 Å².